The lowest BCUT2D eigenvalue weighted by Crippen LogP contribution is -2.33. The molecule has 5 rings (SSSR count). The van der Waals surface area contributed by atoms with Crippen molar-refractivity contribution < 1.29 is 9.59 Å². The number of nitrogens with one attached hydrogen (secondary N) is 2. The highest BCUT2D eigenvalue weighted by Gasteiger charge is 2.21. The van der Waals surface area contributed by atoms with Crippen LogP contribution >= 0.6 is 0 Å². The Labute approximate surface area is 184 Å². The molecular weight excluding hydrogens is 404 g/mol. The number of nitrogens with zero attached hydrogens (tertiary/aromatic N) is 4. The van der Waals surface area contributed by atoms with Crippen LogP contribution in [0, 0.1) is 0 Å². The zero-order valence-corrected chi connectivity index (χ0v) is 17.4. The van der Waals surface area contributed by atoms with E-state index in [1.54, 1.807) is 24.3 Å². The van der Waals surface area contributed by atoms with Gasteiger partial charge >= 0.3 is 0 Å². The Morgan fingerprint density at radius 1 is 0.875 bits per heavy atom. The van der Waals surface area contributed by atoms with Gasteiger partial charge in [-0.3, -0.25) is 9.59 Å². The van der Waals surface area contributed by atoms with Crippen molar-refractivity contribution in [3.05, 3.63) is 78.1 Å². The molecule has 1 aliphatic carbocycles. The molecule has 1 saturated carbocycles. The topological polar surface area (TPSA) is 102 Å². The quantitative estimate of drug-likeness (QED) is 0.506. The summed E-state index contributed by atoms with van der Waals surface area (Å²) in [6, 6.07) is 20.7. The average Bonchev–Trinajstić information content (AvgIpc) is 3.52. The van der Waals surface area contributed by atoms with Gasteiger partial charge in [-0.15, -0.1) is 15.0 Å². The second kappa shape index (κ2) is 8.58. The molecule has 2 amide bonds. The van der Waals surface area contributed by atoms with E-state index in [2.05, 4.69) is 26.0 Å². The number of fused-ring (bicyclic) bond motifs is 1. The van der Waals surface area contributed by atoms with Crippen LogP contribution in [0.5, 0.6) is 0 Å². The highest BCUT2D eigenvalue weighted by atomic mass is 16.2. The van der Waals surface area contributed by atoms with Crippen LogP contribution in [0.2, 0.25) is 0 Å². The van der Waals surface area contributed by atoms with Gasteiger partial charge in [0.1, 0.15) is 0 Å². The van der Waals surface area contributed by atoms with Crippen molar-refractivity contribution in [2.75, 3.05) is 5.32 Å². The molecule has 0 spiro atoms. The summed E-state index contributed by atoms with van der Waals surface area (Å²) < 4.78 is 0. The van der Waals surface area contributed by atoms with Crippen molar-refractivity contribution in [3.63, 3.8) is 0 Å². The first-order valence-electron chi connectivity index (χ1n) is 10.7. The number of aromatic nitrogens is 4. The molecule has 3 aromatic carbocycles. The van der Waals surface area contributed by atoms with Crippen LogP contribution in [0.4, 0.5) is 5.69 Å². The van der Waals surface area contributed by atoms with Crippen LogP contribution in [0.25, 0.3) is 16.5 Å². The number of hydrogen-bond acceptors (Lipinski definition) is 5. The largest absolute Gasteiger partial charge is 0.346 e. The molecule has 8 heteroatoms. The molecule has 0 bridgehead atoms. The molecule has 2 N–H and O–H groups in total. The number of amides is 2. The first kappa shape index (κ1) is 19.9. The van der Waals surface area contributed by atoms with E-state index in [0.29, 0.717) is 16.9 Å². The zero-order valence-electron chi connectivity index (χ0n) is 17.4. The van der Waals surface area contributed by atoms with Gasteiger partial charge in [0.05, 0.1) is 5.69 Å². The van der Waals surface area contributed by atoms with Gasteiger partial charge in [-0.2, -0.15) is 0 Å². The fourth-order valence-corrected chi connectivity index (χ4v) is 4.03. The summed E-state index contributed by atoms with van der Waals surface area (Å²) in [5, 5.41) is 19.8. The smallest absolute Gasteiger partial charge is 0.293 e. The summed E-state index contributed by atoms with van der Waals surface area (Å²) in [5.41, 5.74) is 1.90. The first-order chi connectivity index (χ1) is 15.7. The van der Waals surface area contributed by atoms with Crippen LogP contribution in [0.15, 0.2) is 66.7 Å². The van der Waals surface area contributed by atoms with Crippen molar-refractivity contribution in [1.29, 1.82) is 0 Å². The molecule has 1 fully saturated rings. The molecular formula is C24H22N6O2. The highest BCUT2D eigenvalue weighted by Crippen LogP contribution is 2.21. The number of carbonyl (C=O) groups excluding carboxylic acids is 2. The van der Waals surface area contributed by atoms with Crippen molar-refractivity contribution >= 4 is 28.3 Å². The Morgan fingerprint density at radius 3 is 2.44 bits per heavy atom. The van der Waals surface area contributed by atoms with E-state index < -0.39 is 0 Å². The first-order valence-corrected chi connectivity index (χ1v) is 10.7. The van der Waals surface area contributed by atoms with E-state index in [1.165, 1.54) is 4.80 Å². The predicted molar refractivity (Wildman–Crippen MR) is 121 cm³/mol. The second-order valence-corrected chi connectivity index (χ2v) is 7.89. The molecule has 0 atom stereocenters. The minimum atomic E-state index is -0.304. The Morgan fingerprint density at radius 2 is 1.62 bits per heavy atom. The lowest BCUT2D eigenvalue weighted by molar-refractivity contribution is 0.0926. The Hall–Kier alpha value is -4.07. The number of anilines is 1. The molecule has 1 aromatic heterocycles. The Balaban J connectivity index is 1.28. The van der Waals surface area contributed by atoms with Crippen molar-refractivity contribution in [2.24, 2.45) is 0 Å². The maximum absolute atomic E-state index is 12.8. The fraction of sp³-hybridized carbons (Fsp3) is 0.208. The minimum absolute atomic E-state index is 0.0465. The second-order valence-electron chi connectivity index (χ2n) is 7.89. The van der Waals surface area contributed by atoms with E-state index in [-0.39, 0.29) is 23.7 Å². The number of rotatable bonds is 5. The Bertz CT molecular complexity index is 1270. The zero-order chi connectivity index (χ0) is 21.9. The number of tetrazole rings is 1. The van der Waals surface area contributed by atoms with Gasteiger partial charge in [0.2, 0.25) is 0 Å². The molecule has 4 aromatic rings. The van der Waals surface area contributed by atoms with Crippen molar-refractivity contribution in [3.8, 4) is 5.69 Å². The summed E-state index contributed by atoms with van der Waals surface area (Å²) in [6.45, 7) is 0. The maximum atomic E-state index is 12.8. The van der Waals surface area contributed by atoms with E-state index >= 15 is 0 Å². The van der Waals surface area contributed by atoms with Gasteiger partial charge in [-0.25, -0.2) is 0 Å². The maximum Gasteiger partial charge on any atom is 0.293 e. The molecule has 0 unspecified atom stereocenters. The molecule has 0 saturated heterocycles. The van der Waals surface area contributed by atoms with Crippen molar-refractivity contribution in [2.45, 2.75) is 31.7 Å². The summed E-state index contributed by atoms with van der Waals surface area (Å²) in [5.74, 6) is -0.438. The van der Waals surface area contributed by atoms with E-state index in [0.717, 1.165) is 36.5 Å². The fourth-order valence-electron chi connectivity index (χ4n) is 4.03. The normalized spacial score (nSPS) is 13.9. The molecule has 8 nitrogen and oxygen atoms in total. The minimum Gasteiger partial charge on any atom is -0.346 e. The summed E-state index contributed by atoms with van der Waals surface area (Å²) in [6.07, 6.45) is 4.25. The molecule has 0 aliphatic heterocycles. The van der Waals surface area contributed by atoms with Crippen LogP contribution in [0.1, 0.15) is 46.7 Å². The van der Waals surface area contributed by atoms with Crippen LogP contribution < -0.4 is 10.6 Å². The molecule has 32 heavy (non-hydrogen) atoms. The summed E-state index contributed by atoms with van der Waals surface area (Å²) in [7, 11) is 0. The van der Waals surface area contributed by atoms with Crippen LogP contribution in [-0.4, -0.2) is 38.1 Å². The average molecular weight is 426 g/mol. The lowest BCUT2D eigenvalue weighted by Gasteiger charge is -2.09. The van der Waals surface area contributed by atoms with Crippen molar-refractivity contribution in [1.82, 2.24) is 25.5 Å². The van der Waals surface area contributed by atoms with Gasteiger partial charge in [0.25, 0.3) is 17.6 Å². The number of benzene rings is 3. The van der Waals surface area contributed by atoms with E-state index in [4.69, 9.17) is 0 Å². The molecule has 1 heterocycles. The molecule has 1 aliphatic rings. The summed E-state index contributed by atoms with van der Waals surface area (Å²) >= 11 is 0. The van der Waals surface area contributed by atoms with Gasteiger partial charge in [0.15, 0.2) is 0 Å². The number of carbonyl (C=O) groups is 2. The van der Waals surface area contributed by atoms with Gasteiger partial charge in [0, 0.05) is 17.3 Å². The van der Waals surface area contributed by atoms with Gasteiger partial charge in [-0.1, -0.05) is 49.2 Å². The Kier molecular flexibility index (Phi) is 5.33. The molecule has 0 radical (unpaired) electrons. The third kappa shape index (κ3) is 4.07. The summed E-state index contributed by atoms with van der Waals surface area (Å²) in [4.78, 5) is 26.4. The van der Waals surface area contributed by atoms with Crippen LogP contribution in [-0.2, 0) is 0 Å². The van der Waals surface area contributed by atoms with Gasteiger partial charge < -0.3 is 10.6 Å². The van der Waals surface area contributed by atoms with Gasteiger partial charge in [-0.05, 0) is 59.2 Å². The highest BCUT2D eigenvalue weighted by molar-refractivity contribution is 6.12. The third-order valence-corrected chi connectivity index (χ3v) is 5.70. The SMILES string of the molecule is O=C(NC1CCCC1)c1nnn(-c2ccc(NC(=O)c3cccc4ccccc34)cc2)n1. The monoisotopic (exact) mass is 426 g/mol. The van der Waals surface area contributed by atoms with E-state index in [1.807, 2.05) is 42.5 Å². The standard InChI is InChI=1S/C24H22N6O2/c31-23(21-11-5-7-16-6-1-4-10-20(16)21)25-18-12-14-19(15-13-18)30-28-22(27-29-30)24(32)26-17-8-2-3-9-17/h1,4-7,10-15,17H,2-3,8-9H2,(H,25,31)(H,26,32). The lowest BCUT2D eigenvalue weighted by atomic mass is 10.0. The van der Waals surface area contributed by atoms with E-state index in [9.17, 15) is 9.59 Å². The van der Waals surface area contributed by atoms with Crippen LogP contribution in [0.3, 0.4) is 0 Å². The third-order valence-electron chi connectivity index (χ3n) is 5.70. The number of hydrogen-bond donors (Lipinski definition) is 2. The predicted octanol–water partition coefficient (Wildman–Crippen LogP) is 3.74. The molecule has 160 valence electrons.